The predicted octanol–water partition coefficient (Wildman–Crippen LogP) is 1.46. The Morgan fingerprint density at radius 1 is 1.62 bits per heavy atom. The van der Waals surface area contributed by atoms with Gasteiger partial charge in [-0.15, -0.1) is 0 Å². The Balaban J connectivity index is 1.96. The lowest BCUT2D eigenvalue weighted by atomic mass is 9.99. The van der Waals surface area contributed by atoms with E-state index in [2.05, 4.69) is 17.6 Å². The fourth-order valence-corrected chi connectivity index (χ4v) is 2.06. The van der Waals surface area contributed by atoms with Gasteiger partial charge in [-0.3, -0.25) is 4.79 Å². The molecule has 1 amide bonds. The molecule has 0 aromatic carbocycles. The van der Waals surface area contributed by atoms with Crippen LogP contribution in [0.25, 0.3) is 0 Å². The molecule has 4 nitrogen and oxygen atoms in total. The summed E-state index contributed by atoms with van der Waals surface area (Å²) in [6.45, 7) is 4.98. The zero-order valence-corrected chi connectivity index (χ0v) is 9.75. The average Bonchev–Trinajstić information content (AvgIpc) is 2.68. The van der Waals surface area contributed by atoms with E-state index in [1.807, 2.05) is 6.92 Å². The van der Waals surface area contributed by atoms with Crippen molar-refractivity contribution < 1.29 is 9.21 Å². The van der Waals surface area contributed by atoms with E-state index in [0.717, 1.165) is 25.1 Å². The van der Waals surface area contributed by atoms with E-state index in [1.165, 1.54) is 6.26 Å². The third-order valence-electron chi connectivity index (χ3n) is 3.07. The van der Waals surface area contributed by atoms with Crippen LogP contribution in [0.5, 0.6) is 0 Å². The van der Waals surface area contributed by atoms with Crippen LogP contribution < -0.4 is 10.6 Å². The Bertz CT molecular complexity index is 373. The number of piperidine rings is 1. The first kappa shape index (κ1) is 11.2. The number of rotatable bonds is 2. The highest BCUT2D eigenvalue weighted by Crippen LogP contribution is 2.11. The predicted molar refractivity (Wildman–Crippen MR) is 61.4 cm³/mol. The number of carbonyl (C=O) groups excluding carboxylic acids is 1. The lowest BCUT2D eigenvalue weighted by Gasteiger charge is -2.30. The van der Waals surface area contributed by atoms with Crippen molar-refractivity contribution in [3.8, 4) is 0 Å². The number of aryl methyl sites for hydroxylation is 1. The molecule has 1 aromatic heterocycles. The molecular formula is C12H18N2O2. The van der Waals surface area contributed by atoms with Crippen molar-refractivity contribution >= 4 is 5.91 Å². The van der Waals surface area contributed by atoms with Gasteiger partial charge >= 0.3 is 0 Å². The first-order chi connectivity index (χ1) is 7.66. The standard InChI is InChI=1S/C12H18N2O2/c1-8-6-10(7-16-8)12(15)14-11-4-3-5-13-9(11)2/h6-7,9,11,13H,3-5H2,1-2H3,(H,14,15). The molecule has 0 spiro atoms. The van der Waals surface area contributed by atoms with Crippen LogP contribution in [0, 0.1) is 6.92 Å². The molecule has 0 aliphatic carbocycles. The SMILES string of the molecule is Cc1cc(C(=O)NC2CCCNC2C)co1. The van der Waals surface area contributed by atoms with Gasteiger partial charge in [-0.25, -0.2) is 0 Å². The molecule has 2 heterocycles. The molecule has 4 heteroatoms. The third kappa shape index (κ3) is 2.44. The summed E-state index contributed by atoms with van der Waals surface area (Å²) >= 11 is 0. The number of nitrogens with one attached hydrogen (secondary N) is 2. The Labute approximate surface area is 95.4 Å². The molecule has 1 aliphatic heterocycles. The molecule has 2 rings (SSSR count). The Morgan fingerprint density at radius 3 is 3.06 bits per heavy atom. The van der Waals surface area contributed by atoms with Crippen molar-refractivity contribution in [2.45, 2.75) is 38.8 Å². The normalized spacial score (nSPS) is 25.4. The summed E-state index contributed by atoms with van der Waals surface area (Å²) in [7, 11) is 0. The van der Waals surface area contributed by atoms with Crippen molar-refractivity contribution in [1.82, 2.24) is 10.6 Å². The maximum Gasteiger partial charge on any atom is 0.254 e. The van der Waals surface area contributed by atoms with Gasteiger partial charge in [0.25, 0.3) is 5.91 Å². The van der Waals surface area contributed by atoms with Gasteiger partial charge in [0.1, 0.15) is 12.0 Å². The fraction of sp³-hybridized carbons (Fsp3) is 0.583. The van der Waals surface area contributed by atoms with Crippen molar-refractivity contribution in [3.63, 3.8) is 0 Å². The Kier molecular flexibility index (Phi) is 3.29. The first-order valence-corrected chi connectivity index (χ1v) is 5.76. The van der Waals surface area contributed by atoms with Crippen LogP contribution in [0.4, 0.5) is 0 Å². The zero-order valence-electron chi connectivity index (χ0n) is 9.75. The van der Waals surface area contributed by atoms with E-state index in [1.54, 1.807) is 6.07 Å². The van der Waals surface area contributed by atoms with Crippen LogP contribution in [-0.4, -0.2) is 24.5 Å². The van der Waals surface area contributed by atoms with E-state index >= 15 is 0 Å². The lowest BCUT2D eigenvalue weighted by Crippen LogP contribution is -2.51. The monoisotopic (exact) mass is 222 g/mol. The Morgan fingerprint density at radius 2 is 2.44 bits per heavy atom. The summed E-state index contributed by atoms with van der Waals surface area (Å²) in [5.74, 6) is 0.720. The second-order valence-electron chi connectivity index (χ2n) is 4.41. The molecule has 88 valence electrons. The molecule has 0 saturated carbocycles. The van der Waals surface area contributed by atoms with E-state index in [0.29, 0.717) is 11.6 Å². The van der Waals surface area contributed by atoms with Crippen LogP contribution in [0.1, 0.15) is 35.9 Å². The molecule has 16 heavy (non-hydrogen) atoms. The van der Waals surface area contributed by atoms with Gasteiger partial charge in [-0.05, 0) is 39.3 Å². The summed E-state index contributed by atoms with van der Waals surface area (Å²) < 4.78 is 5.13. The topological polar surface area (TPSA) is 54.3 Å². The molecule has 2 N–H and O–H groups in total. The van der Waals surface area contributed by atoms with Crippen molar-refractivity contribution in [2.24, 2.45) is 0 Å². The first-order valence-electron chi connectivity index (χ1n) is 5.76. The zero-order chi connectivity index (χ0) is 11.5. The lowest BCUT2D eigenvalue weighted by molar-refractivity contribution is 0.0919. The van der Waals surface area contributed by atoms with Gasteiger partial charge in [0.05, 0.1) is 5.56 Å². The summed E-state index contributed by atoms with van der Waals surface area (Å²) in [4.78, 5) is 11.9. The summed E-state index contributed by atoms with van der Waals surface area (Å²) in [6.07, 6.45) is 3.65. The van der Waals surface area contributed by atoms with E-state index in [4.69, 9.17) is 4.42 Å². The highest BCUT2D eigenvalue weighted by atomic mass is 16.3. The molecule has 2 unspecified atom stereocenters. The minimum absolute atomic E-state index is 0.0441. The van der Waals surface area contributed by atoms with Gasteiger partial charge < -0.3 is 15.1 Å². The number of hydrogen-bond acceptors (Lipinski definition) is 3. The van der Waals surface area contributed by atoms with E-state index in [9.17, 15) is 4.79 Å². The minimum Gasteiger partial charge on any atom is -0.469 e. The molecule has 1 fully saturated rings. The largest absolute Gasteiger partial charge is 0.469 e. The van der Waals surface area contributed by atoms with Crippen molar-refractivity contribution in [2.75, 3.05) is 6.54 Å². The second kappa shape index (κ2) is 4.70. The number of carbonyl (C=O) groups is 1. The maximum atomic E-state index is 11.9. The molecule has 1 saturated heterocycles. The van der Waals surface area contributed by atoms with E-state index < -0.39 is 0 Å². The van der Waals surface area contributed by atoms with Crippen LogP contribution in [0.2, 0.25) is 0 Å². The third-order valence-corrected chi connectivity index (χ3v) is 3.07. The summed E-state index contributed by atoms with van der Waals surface area (Å²) in [6, 6.07) is 2.32. The van der Waals surface area contributed by atoms with Crippen LogP contribution in [0.3, 0.4) is 0 Å². The minimum atomic E-state index is -0.0441. The fourth-order valence-electron chi connectivity index (χ4n) is 2.06. The van der Waals surface area contributed by atoms with Gasteiger partial charge in [-0.2, -0.15) is 0 Å². The molecule has 1 aromatic rings. The number of furan rings is 1. The molecule has 0 bridgehead atoms. The van der Waals surface area contributed by atoms with Gasteiger partial charge in [-0.1, -0.05) is 0 Å². The van der Waals surface area contributed by atoms with Gasteiger partial charge in [0.15, 0.2) is 0 Å². The number of hydrogen-bond donors (Lipinski definition) is 2. The van der Waals surface area contributed by atoms with E-state index in [-0.39, 0.29) is 11.9 Å². The summed E-state index contributed by atoms with van der Waals surface area (Å²) in [5.41, 5.74) is 0.607. The number of amides is 1. The summed E-state index contributed by atoms with van der Waals surface area (Å²) in [5, 5.41) is 6.39. The van der Waals surface area contributed by atoms with Crippen LogP contribution in [0.15, 0.2) is 16.7 Å². The second-order valence-corrected chi connectivity index (χ2v) is 4.41. The highest BCUT2D eigenvalue weighted by molar-refractivity contribution is 5.94. The molecule has 0 radical (unpaired) electrons. The Hall–Kier alpha value is -1.29. The highest BCUT2D eigenvalue weighted by Gasteiger charge is 2.23. The van der Waals surface area contributed by atoms with Crippen molar-refractivity contribution in [1.29, 1.82) is 0 Å². The molecule has 1 aliphatic rings. The van der Waals surface area contributed by atoms with Crippen molar-refractivity contribution in [3.05, 3.63) is 23.7 Å². The van der Waals surface area contributed by atoms with Crippen LogP contribution in [-0.2, 0) is 0 Å². The molecular weight excluding hydrogens is 204 g/mol. The van der Waals surface area contributed by atoms with Gasteiger partial charge in [0, 0.05) is 12.1 Å². The van der Waals surface area contributed by atoms with Crippen LogP contribution >= 0.6 is 0 Å². The average molecular weight is 222 g/mol. The van der Waals surface area contributed by atoms with Gasteiger partial charge in [0.2, 0.25) is 0 Å². The quantitative estimate of drug-likeness (QED) is 0.796. The smallest absolute Gasteiger partial charge is 0.254 e. The maximum absolute atomic E-state index is 11.9. The molecule has 2 atom stereocenters.